The maximum Gasteiger partial charge on any atom is 0.339 e. The fraction of sp³-hybridized carbons (Fsp3) is 0.182. The molecule has 1 heterocycles. The number of esters is 1. The number of ether oxygens (including phenoxy) is 2. The van der Waals surface area contributed by atoms with Gasteiger partial charge in [-0.3, -0.25) is 9.36 Å². The maximum absolute atomic E-state index is 12.5. The van der Waals surface area contributed by atoms with Gasteiger partial charge in [0.2, 0.25) is 5.91 Å². The molecule has 166 valence electrons. The van der Waals surface area contributed by atoms with Crippen LogP contribution < -0.4 is 10.1 Å². The van der Waals surface area contributed by atoms with Gasteiger partial charge >= 0.3 is 5.97 Å². The smallest absolute Gasteiger partial charge is 0.339 e. The number of halogens is 1. The number of para-hydroxylation sites is 2. The Labute approximate surface area is 194 Å². The number of carbonyl (C=O) groups is 2. The molecule has 1 N–H and O–H groups in total. The van der Waals surface area contributed by atoms with Crippen molar-refractivity contribution in [2.24, 2.45) is 0 Å². The summed E-state index contributed by atoms with van der Waals surface area (Å²) < 4.78 is 12.3. The summed E-state index contributed by atoms with van der Waals surface area (Å²) in [5.41, 5.74) is 0.661. The van der Waals surface area contributed by atoms with E-state index in [4.69, 9.17) is 21.1 Å². The molecule has 0 radical (unpaired) electrons. The SMILES string of the molecule is C=CCn1c(COc2ccccc2Cl)nnc1SCC(=O)Nc1ccccc1C(=O)OC. The molecule has 10 heteroatoms. The number of benzene rings is 2. The van der Waals surface area contributed by atoms with Crippen molar-refractivity contribution in [3.63, 3.8) is 0 Å². The highest BCUT2D eigenvalue weighted by atomic mass is 35.5. The highest BCUT2D eigenvalue weighted by Gasteiger charge is 2.17. The quantitative estimate of drug-likeness (QED) is 0.268. The topological polar surface area (TPSA) is 95.3 Å². The van der Waals surface area contributed by atoms with Crippen molar-refractivity contribution in [2.75, 3.05) is 18.2 Å². The van der Waals surface area contributed by atoms with Crippen molar-refractivity contribution < 1.29 is 19.1 Å². The molecule has 0 fully saturated rings. The number of nitrogens with one attached hydrogen (secondary N) is 1. The normalized spacial score (nSPS) is 10.4. The van der Waals surface area contributed by atoms with Crippen LogP contribution in [-0.2, 0) is 22.7 Å². The Kier molecular flexibility index (Phi) is 8.29. The molecule has 0 spiro atoms. The summed E-state index contributed by atoms with van der Waals surface area (Å²) in [6.07, 6.45) is 1.71. The Morgan fingerprint density at radius 1 is 1.19 bits per heavy atom. The predicted octanol–water partition coefficient (Wildman–Crippen LogP) is 4.21. The Morgan fingerprint density at radius 3 is 2.69 bits per heavy atom. The molecule has 0 atom stereocenters. The molecule has 3 aromatic rings. The number of anilines is 1. The number of allylic oxidation sites excluding steroid dienone is 1. The van der Waals surface area contributed by atoms with Gasteiger partial charge in [0.25, 0.3) is 0 Å². The summed E-state index contributed by atoms with van der Waals surface area (Å²) in [6, 6.07) is 13.8. The lowest BCUT2D eigenvalue weighted by Gasteiger charge is -2.11. The van der Waals surface area contributed by atoms with Crippen LogP contribution >= 0.6 is 23.4 Å². The van der Waals surface area contributed by atoms with E-state index in [0.29, 0.717) is 34.0 Å². The van der Waals surface area contributed by atoms with Crippen molar-refractivity contribution in [3.8, 4) is 5.75 Å². The summed E-state index contributed by atoms with van der Waals surface area (Å²) in [6.45, 7) is 4.37. The van der Waals surface area contributed by atoms with Gasteiger partial charge in [0.15, 0.2) is 11.0 Å². The first-order valence-electron chi connectivity index (χ1n) is 9.53. The monoisotopic (exact) mass is 472 g/mol. The van der Waals surface area contributed by atoms with Crippen LogP contribution in [0.3, 0.4) is 0 Å². The molecule has 2 aromatic carbocycles. The minimum absolute atomic E-state index is 0.0656. The number of aromatic nitrogens is 3. The van der Waals surface area contributed by atoms with Gasteiger partial charge in [0.1, 0.15) is 12.4 Å². The average Bonchev–Trinajstić information content (AvgIpc) is 3.18. The van der Waals surface area contributed by atoms with Crippen LogP contribution in [0.1, 0.15) is 16.2 Å². The van der Waals surface area contributed by atoms with Gasteiger partial charge < -0.3 is 14.8 Å². The van der Waals surface area contributed by atoms with Crippen LogP contribution in [-0.4, -0.2) is 39.5 Å². The molecule has 32 heavy (non-hydrogen) atoms. The van der Waals surface area contributed by atoms with E-state index in [1.165, 1.54) is 18.9 Å². The Hall–Kier alpha value is -3.30. The second-order valence-corrected chi connectivity index (χ2v) is 7.74. The van der Waals surface area contributed by atoms with Gasteiger partial charge in [0.05, 0.1) is 29.1 Å². The zero-order valence-electron chi connectivity index (χ0n) is 17.3. The fourth-order valence-corrected chi connectivity index (χ4v) is 3.70. The minimum atomic E-state index is -0.526. The van der Waals surface area contributed by atoms with Crippen LogP contribution in [0.25, 0.3) is 0 Å². The molecule has 0 aliphatic heterocycles. The fourth-order valence-electron chi connectivity index (χ4n) is 2.75. The van der Waals surface area contributed by atoms with Gasteiger partial charge in [-0.25, -0.2) is 4.79 Å². The molecular weight excluding hydrogens is 452 g/mol. The Balaban J connectivity index is 1.65. The molecule has 0 aliphatic carbocycles. The van der Waals surface area contributed by atoms with Crippen LogP contribution in [0.5, 0.6) is 5.75 Å². The lowest BCUT2D eigenvalue weighted by atomic mass is 10.2. The third kappa shape index (κ3) is 5.89. The molecule has 0 bridgehead atoms. The number of hydrogen-bond donors (Lipinski definition) is 1. The number of hydrogen-bond acceptors (Lipinski definition) is 7. The van der Waals surface area contributed by atoms with Crippen LogP contribution in [0, 0.1) is 0 Å². The largest absolute Gasteiger partial charge is 0.484 e. The third-order valence-corrected chi connectivity index (χ3v) is 5.52. The summed E-state index contributed by atoms with van der Waals surface area (Å²) >= 11 is 7.34. The van der Waals surface area contributed by atoms with Gasteiger partial charge in [-0.2, -0.15) is 0 Å². The standard InChI is InChI=1S/C22H21ClN4O4S/c1-3-12-27-19(13-31-18-11-7-5-9-16(18)23)25-26-22(27)32-14-20(28)24-17-10-6-4-8-15(17)21(29)30-2/h3-11H,1,12-14H2,2H3,(H,24,28). The second-order valence-electron chi connectivity index (χ2n) is 6.39. The van der Waals surface area contributed by atoms with Crippen molar-refractivity contribution in [3.05, 3.63) is 77.6 Å². The molecule has 0 aliphatic rings. The van der Waals surface area contributed by atoms with Gasteiger partial charge in [-0.05, 0) is 24.3 Å². The van der Waals surface area contributed by atoms with Crippen molar-refractivity contribution in [1.82, 2.24) is 14.8 Å². The third-order valence-electron chi connectivity index (χ3n) is 4.24. The molecule has 0 saturated heterocycles. The van der Waals surface area contributed by atoms with Gasteiger partial charge in [-0.15, -0.1) is 16.8 Å². The summed E-state index contributed by atoms with van der Waals surface area (Å²) in [7, 11) is 1.29. The Morgan fingerprint density at radius 2 is 1.94 bits per heavy atom. The first-order valence-corrected chi connectivity index (χ1v) is 10.9. The highest BCUT2D eigenvalue weighted by Crippen LogP contribution is 2.25. The second kappa shape index (κ2) is 11.4. The van der Waals surface area contributed by atoms with Crippen molar-refractivity contribution >= 4 is 40.9 Å². The van der Waals surface area contributed by atoms with Crippen LogP contribution in [0.15, 0.2) is 66.3 Å². The average molecular weight is 473 g/mol. The molecule has 8 nitrogen and oxygen atoms in total. The van der Waals surface area contributed by atoms with Crippen molar-refractivity contribution in [1.29, 1.82) is 0 Å². The molecule has 1 aromatic heterocycles. The molecular formula is C22H21ClN4O4S. The first-order chi connectivity index (χ1) is 15.5. The summed E-state index contributed by atoms with van der Waals surface area (Å²) in [4.78, 5) is 24.3. The predicted molar refractivity (Wildman–Crippen MR) is 123 cm³/mol. The zero-order chi connectivity index (χ0) is 22.9. The highest BCUT2D eigenvalue weighted by molar-refractivity contribution is 7.99. The number of thioether (sulfide) groups is 1. The minimum Gasteiger partial charge on any atom is -0.484 e. The molecule has 1 amide bonds. The number of rotatable bonds is 10. The molecule has 0 saturated carbocycles. The van der Waals surface area contributed by atoms with Crippen LogP contribution in [0.2, 0.25) is 5.02 Å². The van der Waals surface area contributed by atoms with Gasteiger partial charge in [0, 0.05) is 6.54 Å². The molecule has 0 unspecified atom stereocenters. The van der Waals surface area contributed by atoms with E-state index in [1.807, 2.05) is 16.7 Å². The van der Waals surface area contributed by atoms with E-state index in [2.05, 4.69) is 22.1 Å². The summed E-state index contributed by atoms with van der Waals surface area (Å²) in [5, 5.41) is 12.1. The maximum atomic E-state index is 12.5. The van der Waals surface area contributed by atoms with E-state index in [9.17, 15) is 9.59 Å². The van der Waals surface area contributed by atoms with E-state index < -0.39 is 5.97 Å². The number of amides is 1. The van der Waals surface area contributed by atoms with Crippen molar-refractivity contribution in [2.45, 2.75) is 18.3 Å². The Bertz CT molecular complexity index is 1120. The number of methoxy groups -OCH3 is 1. The zero-order valence-corrected chi connectivity index (χ0v) is 18.9. The lowest BCUT2D eigenvalue weighted by Crippen LogP contribution is -2.17. The lowest BCUT2D eigenvalue weighted by molar-refractivity contribution is -0.113. The first kappa shape index (κ1) is 23.4. The van der Waals surface area contributed by atoms with E-state index in [-0.39, 0.29) is 23.8 Å². The molecule has 3 rings (SSSR count). The number of carbonyl (C=O) groups excluding carboxylic acids is 2. The van der Waals surface area contributed by atoms with Gasteiger partial charge in [-0.1, -0.05) is 53.7 Å². The van der Waals surface area contributed by atoms with E-state index >= 15 is 0 Å². The van der Waals surface area contributed by atoms with E-state index in [0.717, 1.165) is 0 Å². The number of nitrogens with zero attached hydrogens (tertiary/aromatic N) is 3. The van der Waals surface area contributed by atoms with Crippen LogP contribution in [0.4, 0.5) is 5.69 Å². The van der Waals surface area contributed by atoms with E-state index in [1.54, 1.807) is 42.5 Å². The summed E-state index contributed by atoms with van der Waals surface area (Å²) in [5.74, 6) is 0.357.